The first-order valence-corrected chi connectivity index (χ1v) is 9.25. The third kappa shape index (κ3) is 1.84. The van der Waals surface area contributed by atoms with Crippen LogP contribution in [0.5, 0.6) is 0 Å². The molecule has 4 saturated carbocycles. The summed E-state index contributed by atoms with van der Waals surface area (Å²) in [6, 6.07) is 0. The van der Waals surface area contributed by atoms with Crippen LogP contribution >= 0.6 is 0 Å². The first-order valence-electron chi connectivity index (χ1n) is 9.25. The molecule has 0 spiro atoms. The van der Waals surface area contributed by atoms with Crippen LogP contribution in [-0.4, -0.2) is 28.2 Å². The fraction of sp³-hybridized carbons (Fsp3) is 0.947. The standard InChI is InChI=1S/C19H30O3/c1-18-8-7-14-17(13(18)5-6-16(18)22)15(21)9-11-3-4-12(20)10-19(11,14)2/h11-15,17,20-21H,3-10H2,1-2H3. The number of Topliss-reactive ketones (excluding diaryl/α,β-unsaturated/α-hetero) is 1. The predicted molar refractivity (Wildman–Crippen MR) is 84.1 cm³/mol. The van der Waals surface area contributed by atoms with Crippen molar-refractivity contribution in [3.05, 3.63) is 0 Å². The fourth-order valence-corrected chi connectivity index (χ4v) is 7.06. The molecule has 0 aromatic heterocycles. The van der Waals surface area contributed by atoms with E-state index < -0.39 is 0 Å². The van der Waals surface area contributed by atoms with Gasteiger partial charge in [-0.2, -0.15) is 0 Å². The van der Waals surface area contributed by atoms with E-state index in [0.29, 0.717) is 30.0 Å². The Labute approximate surface area is 133 Å². The molecule has 0 saturated heterocycles. The molecule has 4 fully saturated rings. The van der Waals surface area contributed by atoms with Crippen molar-refractivity contribution in [1.29, 1.82) is 0 Å². The Kier molecular flexibility index (Phi) is 3.30. The van der Waals surface area contributed by atoms with Gasteiger partial charge in [-0.3, -0.25) is 4.79 Å². The van der Waals surface area contributed by atoms with E-state index in [1.54, 1.807) is 0 Å². The van der Waals surface area contributed by atoms with Gasteiger partial charge in [0.15, 0.2) is 0 Å². The Bertz CT molecular complexity index is 489. The van der Waals surface area contributed by atoms with E-state index in [0.717, 1.165) is 44.9 Å². The summed E-state index contributed by atoms with van der Waals surface area (Å²) in [4.78, 5) is 12.4. The summed E-state index contributed by atoms with van der Waals surface area (Å²) in [5.74, 6) is 2.11. The molecule has 124 valence electrons. The summed E-state index contributed by atoms with van der Waals surface area (Å²) in [6.45, 7) is 4.52. The van der Waals surface area contributed by atoms with Gasteiger partial charge in [0.1, 0.15) is 5.78 Å². The number of carbonyl (C=O) groups is 1. The molecular weight excluding hydrogens is 276 g/mol. The van der Waals surface area contributed by atoms with Crippen LogP contribution in [0.15, 0.2) is 0 Å². The van der Waals surface area contributed by atoms with Gasteiger partial charge in [0.25, 0.3) is 0 Å². The van der Waals surface area contributed by atoms with Gasteiger partial charge in [0, 0.05) is 11.8 Å². The third-order valence-electron chi connectivity index (χ3n) is 8.32. The Morgan fingerprint density at radius 2 is 1.82 bits per heavy atom. The van der Waals surface area contributed by atoms with Crippen molar-refractivity contribution < 1.29 is 15.0 Å². The first-order chi connectivity index (χ1) is 10.4. The average Bonchev–Trinajstić information content (AvgIpc) is 2.76. The van der Waals surface area contributed by atoms with Crippen LogP contribution in [0.2, 0.25) is 0 Å². The molecule has 0 aromatic carbocycles. The molecule has 22 heavy (non-hydrogen) atoms. The van der Waals surface area contributed by atoms with Gasteiger partial charge in [-0.05, 0) is 74.0 Å². The first kappa shape index (κ1) is 15.1. The van der Waals surface area contributed by atoms with Crippen LogP contribution in [0.1, 0.15) is 65.2 Å². The Morgan fingerprint density at radius 3 is 2.59 bits per heavy atom. The number of ketones is 1. The van der Waals surface area contributed by atoms with Crippen LogP contribution in [-0.2, 0) is 4.79 Å². The topological polar surface area (TPSA) is 57.5 Å². The molecule has 0 amide bonds. The summed E-state index contributed by atoms with van der Waals surface area (Å²) in [6.07, 6.45) is 7.03. The predicted octanol–water partition coefficient (Wildman–Crippen LogP) is 2.93. The van der Waals surface area contributed by atoms with Gasteiger partial charge in [0.05, 0.1) is 12.2 Å². The molecule has 3 heteroatoms. The maximum Gasteiger partial charge on any atom is 0.139 e. The van der Waals surface area contributed by atoms with Crippen molar-refractivity contribution in [2.24, 2.45) is 34.5 Å². The van der Waals surface area contributed by atoms with Crippen molar-refractivity contribution in [3.63, 3.8) is 0 Å². The van der Waals surface area contributed by atoms with Gasteiger partial charge >= 0.3 is 0 Å². The number of aliphatic hydroxyl groups is 2. The lowest BCUT2D eigenvalue weighted by Crippen LogP contribution is -2.58. The number of rotatable bonds is 0. The van der Waals surface area contributed by atoms with E-state index >= 15 is 0 Å². The van der Waals surface area contributed by atoms with Crippen molar-refractivity contribution in [2.45, 2.75) is 77.4 Å². The number of hydrogen-bond acceptors (Lipinski definition) is 3. The number of carbonyl (C=O) groups excluding carboxylic acids is 1. The quantitative estimate of drug-likeness (QED) is 0.723. The van der Waals surface area contributed by atoms with E-state index in [-0.39, 0.29) is 29.0 Å². The van der Waals surface area contributed by atoms with Gasteiger partial charge in [0.2, 0.25) is 0 Å². The third-order valence-corrected chi connectivity index (χ3v) is 8.32. The van der Waals surface area contributed by atoms with Crippen LogP contribution < -0.4 is 0 Å². The van der Waals surface area contributed by atoms with Gasteiger partial charge in [-0.15, -0.1) is 0 Å². The number of hydrogen-bond donors (Lipinski definition) is 2. The average molecular weight is 306 g/mol. The maximum atomic E-state index is 12.4. The van der Waals surface area contributed by atoms with E-state index in [1.807, 2.05) is 0 Å². The summed E-state index contributed by atoms with van der Waals surface area (Å²) in [5, 5.41) is 21.1. The molecule has 0 aliphatic heterocycles. The van der Waals surface area contributed by atoms with E-state index in [9.17, 15) is 15.0 Å². The molecule has 0 heterocycles. The molecule has 4 rings (SSSR count). The summed E-state index contributed by atoms with van der Waals surface area (Å²) in [5.41, 5.74) is -0.0207. The molecule has 0 bridgehead atoms. The second-order valence-electron chi connectivity index (χ2n) is 9.15. The zero-order chi connectivity index (χ0) is 15.7. The molecule has 8 unspecified atom stereocenters. The number of aliphatic hydroxyl groups excluding tert-OH is 2. The van der Waals surface area contributed by atoms with E-state index in [4.69, 9.17) is 0 Å². The Balaban J connectivity index is 1.70. The summed E-state index contributed by atoms with van der Waals surface area (Å²) in [7, 11) is 0. The summed E-state index contributed by atoms with van der Waals surface area (Å²) >= 11 is 0. The zero-order valence-corrected chi connectivity index (χ0v) is 13.9. The number of fused-ring (bicyclic) bond motifs is 5. The monoisotopic (exact) mass is 306 g/mol. The minimum Gasteiger partial charge on any atom is -0.393 e. The van der Waals surface area contributed by atoms with Crippen LogP contribution in [0.3, 0.4) is 0 Å². The highest BCUT2D eigenvalue weighted by Gasteiger charge is 2.62. The highest BCUT2D eigenvalue weighted by molar-refractivity contribution is 5.87. The second-order valence-corrected chi connectivity index (χ2v) is 9.15. The van der Waals surface area contributed by atoms with Crippen LogP contribution in [0.4, 0.5) is 0 Å². The molecule has 0 aromatic rings. The minimum atomic E-state index is -0.242. The SMILES string of the molecule is CC12CCC3C(C(O)CC4CCC(O)CC43C)C1CCC2=O. The van der Waals surface area contributed by atoms with Gasteiger partial charge in [-0.1, -0.05) is 13.8 Å². The second kappa shape index (κ2) is 4.80. The smallest absolute Gasteiger partial charge is 0.139 e. The highest BCUT2D eigenvalue weighted by atomic mass is 16.3. The molecule has 2 N–H and O–H groups in total. The van der Waals surface area contributed by atoms with Gasteiger partial charge < -0.3 is 10.2 Å². The lowest BCUT2D eigenvalue weighted by atomic mass is 9.44. The molecule has 0 radical (unpaired) electrons. The van der Waals surface area contributed by atoms with E-state index in [1.165, 1.54) is 0 Å². The van der Waals surface area contributed by atoms with Gasteiger partial charge in [-0.25, -0.2) is 0 Å². The molecule has 3 nitrogen and oxygen atoms in total. The Hall–Kier alpha value is -0.410. The molecule has 4 aliphatic carbocycles. The van der Waals surface area contributed by atoms with Crippen molar-refractivity contribution >= 4 is 5.78 Å². The van der Waals surface area contributed by atoms with Crippen LogP contribution in [0.25, 0.3) is 0 Å². The summed E-state index contributed by atoms with van der Waals surface area (Å²) < 4.78 is 0. The molecule has 4 aliphatic rings. The lowest BCUT2D eigenvalue weighted by Gasteiger charge is -2.61. The largest absolute Gasteiger partial charge is 0.393 e. The minimum absolute atomic E-state index is 0.161. The Morgan fingerprint density at radius 1 is 1.05 bits per heavy atom. The lowest BCUT2D eigenvalue weighted by molar-refractivity contribution is -0.173. The normalized spacial score (nSPS) is 57.9. The van der Waals surface area contributed by atoms with E-state index in [2.05, 4.69) is 13.8 Å². The molecule has 8 atom stereocenters. The van der Waals surface area contributed by atoms with Crippen molar-refractivity contribution in [1.82, 2.24) is 0 Å². The maximum absolute atomic E-state index is 12.4. The zero-order valence-electron chi connectivity index (χ0n) is 13.9. The van der Waals surface area contributed by atoms with Crippen LogP contribution in [0, 0.1) is 34.5 Å². The highest BCUT2D eigenvalue weighted by Crippen LogP contribution is 2.65. The fourth-order valence-electron chi connectivity index (χ4n) is 7.06. The molecular formula is C19H30O3. The van der Waals surface area contributed by atoms with Crippen molar-refractivity contribution in [3.8, 4) is 0 Å². The van der Waals surface area contributed by atoms with Crippen molar-refractivity contribution in [2.75, 3.05) is 0 Å².